The molecule has 7 rings (SSSR count). The van der Waals surface area contributed by atoms with Crippen LogP contribution < -0.4 is 24.4 Å². The number of anilines is 1. The fourth-order valence-electron chi connectivity index (χ4n) is 6.00. The molecule has 0 spiro atoms. The molecule has 0 aliphatic carbocycles. The first-order chi connectivity index (χ1) is 17.8. The van der Waals surface area contributed by atoms with E-state index in [4.69, 9.17) is 0 Å². The molecule has 10 nitrogen and oxygen atoms in total. The van der Waals surface area contributed by atoms with Crippen molar-refractivity contribution in [1.29, 1.82) is 0 Å². The van der Waals surface area contributed by atoms with E-state index < -0.39 is 6.29 Å². The highest BCUT2D eigenvalue weighted by Gasteiger charge is 2.46. The molecule has 3 aliphatic heterocycles. The zero-order chi connectivity index (χ0) is 25.5. The number of benzene rings is 3. The van der Waals surface area contributed by atoms with E-state index in [1.165, 1.54) is 10.7 Å². The highest BCUT2D eigenvalue weighted by Crippen LogP contribution is 2.45. The molecule has 0 amide bonds. The Bertz CT molecular complexity index is 1560. The normalized spacial score (nSPS) is 22.1. The molecule has 1 N–H and O–H groups in total. The molecular formula is C25H22F2N5O5-. The topological polar surface area (TPSA) is 113 Å². The summed E-state index contributed by atoms with van der Waals surface area (Å²) >= 11 is 0. The molecule has 0 radical (unpaired) electrons. The maximum Gasteiger partial charge on any atom is 0.586 e. The summed E-state index contributed by atoms with van der Waals surface area (Å²) in [6, 6.07) is 12.1. The lowest BCUT2D eigenvalue weighted by molar-refractivity contribution is -0.746. The van der Waals surface area contributed by atoms with Crippen LogP contribution in [0.2, 0.25) is 0 Å². The average Bonchev–Trinajstić information content (AvgIpc) is 3.62. The maximum absolute atomic E-state index is 13.4. The van der Waals surface area contributed by atoms with Crippen molar-refractivity contribution in [2.75, 3.05) is 24.5 Å². The van der Waals surface area contributed by atoms with Gasteiger partial charge in [-0.2, -0.15) is 0 Å². The summed E-state index contributed by atoms with van der Waals surface area (Å²) in [7, 11) is 0. The number of phenols is 1. The molecule has 3 aliphatic rings. The monoisotopic (exact) mass is 510 g/mol. The molecule has 2 unspecified atom stereocenters. The van der Waals surface area contributed by atoms with Gasteiger partial charge in [0.2, 0.25) is 0 Å². The maximum atomic E-state index is 13.4. The fraction of sp³-hybridized carbons (Fsp3) is 0.360. The summed E-state index contributed by atoms with van der Waals surface area (Å²) in [5.74, 6) is -0.427. The molecule has 1 aromatic heterocycles. The van der Waals surface area contributed by atoms with Crippen molar-refractivity contribution in [3.8, 4) is 23.0 Å². The summed E-state index contributed by atoms with van der Waals surface area (Å²) in [6.07, 6.45) is -2.06. The minimum atomic E-state index is -3.64. The first kappa shape index (κ1) is 22.2. The minimum Gasteiger partial charge on any atom is -0.870 e. The van der Waals surface area contributed by atoms with Crippen molar-refractivity contribution < 1.29 is 33.4 Å². The van der Waals surface area contributed by atoms with Crippen molar-refractivity contribution in [1.82, 2.24) is 14.7 Å². The van der Waals surface area contributed by atoms with Crippen LogP contribution >= 0.6 is 0 Å². The van der Waals surface area contributed by atoms with Crippen LogP contribution in [0.3, 0.4) is 0 Å². The smallest absolute Gasteiger partial charge is 0.586 e. The van der Waals surface area contributed by atoms with E-state index in [2.05, 4.69) is 24.4 Å². The Balaban J connectivity index is 1.04. The third kappa shape index (κ3) is 3.39. The van der Waals surface area contributed by atoms with Gasteiger partial charge >= 0.3 is 6.29 Å². The SMILES string of the molecule is [O-]c1c2ccccc2c(O)c2c1n[n+]([O-])n2CCCN1CC2CC1CN2c1ccc2c(c1)OC(F)(F)O2. The molecular weight excluding hydrogens is 488 g/mol. The van der Waals surface area contributed by atoms with Gasteiger partial charge in [0.05, 0.1) is 6.54 Å². The Hall–Kier alpha value is -4.06. The van der Waals surface area contributed by atoms with Gasteiger partial charge in [0.15, 0.2) is 28.3 Å². The molecule has 192 valence electrons. The Kier molecular flexibility index (Phi) is 4.62. The molecule has 4 heterocycles. The van der Waals surface area contributed by atoms with Crippen LogP contribution in [0.25, 0.3) is 21.8 Å². The molecule has 4 aromatic rings. The van der Waals surface area contributed by atoms with Crippen molar-refractivity contribution in [2.24, 2.45) is 0 Å². The predicted molar refractivity (Wildman–Crippen MR) is 126 cm³/mol. The highest BCUT2D eigenvalue weighted by atomic mass is 19.3. The molecule has 12 heteroatoms. The Labute approximate surface area is 209 Å². The predicted octanol–water partition coefficient (Wildman–Crippen LogP) is 2.28. The number of aromatic nitrogens is 3. The Morgan fingerprint density at radius 2 is 1.84 bits per heavy atom. The van der Waals surface area contributed by atoms with Gasteiger partial charge in [0, 0.05) is 58.9 Å². The van der Waals surface area contributed by atoms with Gasteiger partial charge in [-0.05, 0) is 30.4 Å². The lowest BCUT2D eigenvalue weighted by atomic mass is 10.1. The number of aromatic hydroxyl groups is 1. The van der Waals surface area contributed by atoms with Crippen molar-refractivity contribution in [3.05, 3.63) is 47.7 Å². The van der Waals surface area contributed by atoms with Crippen LogP contribution in [0, 0.1) is 5.21 Å². The second-order valence-corrected chi connectivity index (χ2v) is 9.74. The lowest BCUT2D eigenvalue weighted by Gasteiger charge is -2.35. The molecule has 37 heavy (non-hydrogen) atoms. The first-order valence-corrected chi connectivity index (χ1v) is 12.1. The second-order valence-electron chi connectivity index (χ2n) is 9.74. The summed E-state index contributed by atoms with van der Waals surface area (Å²) < 4.78 is 37.1. The van der Waals surface area contributed by atoms with E-state index in [0.717, 1.165) is 31.7 Å². The van der Waals surface area contributed by atoms with Crippen LogP contribution in [0.15, 0.2) is 42.5 Å². The first-order valence-electron chi connectivity index (χ1n) is 12.1. The van der Waals surface area contributed by atoms with Gasteiger partial charge in [-0.15, -0.1) is 13.5 Å². The number of fused-ring (bicyclic) bond motifs is 5. The fourth-order valence-corrected chi connectivity index (χ4v) is 6.00. The summed E-state index contributed by atoms with van der Waals surface area (Å²) in [5, 5.41) is 40.7. The molecule has 2 fully saturated rings. The van der Waals surface area contributed by atoms with E-state index in [1.807, 2.05) is 0 Å². The number of alkyl halides is 2. The largest absolute Gasteiger partial charge is 0.870 e. The van der Waals surface area contributed by atoms with Crippen LogP contribution in [0.1, 0.15) is 12.8 Å². The molecule has 0 saturated carbocycles. The quantitative estimate of drug-likeness (QED) is 0.322. The van der Waals surface area contributed by atoms with Gasteiger partial charge < -0.3 is 29.8 Å². The van der Waals surface area contributed by atoms with Gasteiger partial charge in [-0.25, -0.2) is 0 Å². The van der Waals surface area contributed by atoms with E-state index in [-0.39, 0.29) is 40.1 Å². The Morgan fingerprint density at radius 1 is 1.05 bits per heavy atom. The van der Waals surface area contributed by atoms with Gasteiger partial charge in [0.1, 0.15) is 0 Å². The number of hydrogen-bond donors (Lipinski definition) is 1. The highest BCUT2D eigenvalue weighted by molar-refractivity contribution is 6.07. The molecule has 3 aromatic carbocycles. The zero-order valence-corrected chi connectivity index (χ0v) is 19.5. The minimum absolute atomic E-state index is 0.0329. The summed E-state index contributed by atoms with van der Waals surface area (Å²) in [6.45, 7) is 2.57. The van der Waals surface area contributed by atoms with E-state index in [0.29, 0.717) is 34.7 Å². The van der Waals surface area contributed by atoms with E-state index in [1.54, 1.807) is 36.4 Å². The zero-order valence-electron chi connectivity index (χ0n) is 19.5. The molecule has 2 atom stereocenters. The molecule has 2 bridgehead atoms. The number of nitrogens with zero attached hydrogens (tertiary/aromatic N) is 5. The van der Waals surface area contributed by atoms with E-state index in [9.17, 15) is 24.2 Å². The second kappa shape index (κ2) is 7.72. The number of ether oxygens (including phenoxy) is 2. The van der Waals surface area contributed by atoms with E-state index >= 15 is 0 Å². The molecule has 2 saturated heterocycles. The number of aryl methyl sites for hydroxylation is 1. The third-order valence-electron chi connectivity index (χ3n) is 7.63. The number of halogens is 2. The lowest BCUT2D eigenvalue weighted by Crippen LogP contribution is -2.47. The van der Waals surface area contributed by atoms with Gasteiger partial charge in [-0.3, -0.25) is 4.90 Å². The summed E-state index contributed by atoms with van der Waals surface area (Å²) in [5.41, 5.74) is 0.936. The van der Waals surface area contributed by atoms with Gasteiger partial charge in [-0.1, -0.05) is 30.0 Å². The number of rotatable bonds is 5. The van der Waals surface area contributed by atoms with Crippen LogP contribution in [-0.2, 0) is 6.54 Å². The number of phenolic OH excluding ortho intramolecular Hbond substituents is 1. The van der Waals surface area contributed by atoms with Crippen molar-refractivity contribution in [2.45, 2.75) is 37.8 Å². The van der Waals surface area contributed by atoms with Gasteiger partial charge in [0.25, 0.3) is 0 Å². The van der Waals surface area contributed by atoms with Crippen molar-refractivity contribution in [3.63, 3.8) is 0 Å². The third-order valence-corrected chi connectivity index (χ3v) is 7.63. The number of hydrogen-bond acceptors (Lipinski definition) is 8. The average molecular weight is 510 g/mol. The van der Waals surface area contributed by atoms with Crippen molar-refractivity contribution >= 4 is 27.5 Å². The van der Waals surface area contributed by atoms with Crippen LogP contribution in [0.5, 0.6) is 23.0 Å². The standard InChI is InChI=1S/C25H23F2N5O5/c26-25(27)36-19-7-6-14(11-20(19)37-25)30-13-15-10-16(30)12-29(15)8-3-9-31-22-21(28-32(31)35)23(33)17-4-1-2-5-18(17)24(22)34/h1-2,4-7,11,15-16,33-34H,3,8-10,12-13H2/p-1. The number of likely N-dealkylation sites (tertiary alicyclic amines) is 1. The Morgan fingerprint density at radius 3 is 2.62 bits per heavy atom. The number of piperazine rings is 1. The van der Waals surface area contributed by atoms with Crippen LogP contribution in [-0.4, -0.2) is 57.8 Å². The van der Waals surface area contributed by atoms with Crippen LogP contribution in [0.4, 0.5) is 14.5 Å². The summed E-state index contributed by atoms with van der Waals surface area (Å²) in [4.78, 5) is 4.94.